The predicted octanol–water partition coefficient (Wildman–Crippen LogP) is 5.47. The molecule has 0 spiro atoms. The fourth-order valence-electron chi connectivity index (χ4n) is 3.50. The van der Waals surface area contributed by atoms with Gasteiger partial charge in [-0.3, -0.25) is 0 Å². The Kier molecular flexibility index (Phi) is 6.24. The highest BCUT2D eigenvalue weighted by atomic mass is 79.9. The SMILES string of the molecule is CCCNC(Cc1ccc(Br)cc1F)C1(C)CCCCC1. The lowest BCUT2D eigenvalue weighted by Gasteiger charge is -2.41. The van der Waals surface area contributed by atoms with Crippen LogP contribution in [0.1, 0.15) is 57.9 Å². The third-order valence-corrected chi connectivity index (χ3v) is 5.41. The van der Waals surface area contributed by atoms with E-state index < -0.39 is 0 Å². The monoisotopic (exact) mass is 355 g/mol. The lowest BCUT2D eigenvalue weighted by Crippen LogP contribution is -2.46. The number of halogens is 2. The average molecular weight is 356 g/mol. The van der Waals surface area contributed by atoms with E-state index in [0.717, 1.165) is 29.4 Å². The maximum Gasteiger partial charge on any atom is 0.127 e. The van der Waals surface area contributed by atoms with Gasteiger partial charge in [0.05, 0.1) is 0 Å². The Balaban J connectivity index is 2.15. The first-order chi connectivity index (χ1) is 10.0. The van der Waals surface area contributed by atoms with E-state index in [1.54, 1.807) is 6.07 Å². The van der Waals surface area contributed by atoms with Crippen LogP contribution in [-0.2, 0) is 6.42 Å². The van der Waals surface area contributed by atoms with Crippen molar-refractivity contribution in [1.29, 1.82) is 0 Å². The van der Waals surface area contributed by atoms with E-state index in [1.807, 2.05) is 12.1 Å². The molecule has 1 unspecified atom stereocenters. The molecule has 1 saturated carbocycles. The Morgan fingerprint density at radius 3 is 2.62 bits per heavy atom. The highest BCUT2D eigenvalue weighted by Crippen LogP contribution is 2.40. The van der Waals surface area contributed by atoms with Crippen LogP contribution >= 0.6 is 15.9 Å². The van der Waals surface area contributed by atoms with E-state index in [9.17, 15) is 4.39 Å². The quantitative estimate of drug-likeness (QED) is 0.713. The van der Waals surface area contributed by atoms with Crippen molar-refractivity contribution in [3.8, 4) is 0 Å². The summed E-state index contributed by atoms with van der Waals surface area (Å²) in [5.74, 6) is -0.0907. The van der Waals surface area contributed by atoms with E-state index >= 15 is 0 Å². The van der Waals surface area contributed by atoms with Gasteiger partial charge in [0.2, 0.25) is 0 Å². The number of rotatable bonds is 6. The molecule has 1 nitrogen and oxygen atoms in total. The van der Waals surface area contributed by atoms with Gasteiger partial charge in [-0.25, -0.2) is 4.39 Å². The summed E-state index contributed by atoms with van der Waals surface area (Å²) >= 11 is 3.34. The van der Waals surface area contributed by atoms with Crippen LogP contribution in [0.15, 0.2) is 22.7 Å². The summed E-state index contributed by atoms with van der Waals surface area (Å²) in [7, 11) is 0. The van der Waals surface area contributed by atoms with E-state index in [0.29, 0.717) is 11.5 Å². The van der Waals surface area contributed by atoms with Crippen molar-refractivity contribution < 1.29 is 4.39 Å². The van der Waals surface area contributed by atoms with E-state index in [2.05, 4.69) is 35.1 Å². The molecule has 0 bridgehead atoms. The molecule has 2 rings (SSSR count). The molecule has 1 atom stereocenters. The minimum absolute atomic E-state index is 0.0907. The molecular formula is C18H27BrFN. The van der Waals surface area contributed by atoms with Crippen LogP contribution in [0.25, 0.3) is 0 Å². The largest absolute Gasteiger partial charge is 0.313 e. The summed E-state index contributed by atoms with van der Waals surface area (Å²) in [4.78, 5) is 0. The molecule has 3 heteroatoms. The highest BCUT2D eigenvalue weighted by Gasteiger charge is 2.35. The Hall–Kier alpha value is -0.410. The zero-order chi connectivity index (χ0) is 15.3. The first kappa shape index (κ1) is 17.0. The lowest BCUT2D eigenvalue weighted by atomic mass is 9.69. The van der Waals surface area contributed by atoms with Crippen LogP contribution in [0.3, 0.4) is 0 Å². The Labute approximate surface area is 136 Å². The second-order valence-electron chi connectivity index (χ2n) is 6.66. The molecule has 1 aliphatic carbocycles. The van der Waals surface area contributed by atoms with Crippen molar-refractivity contribution in [3.05, 3.63) is 34.1 Å². The van der Waals surface area contributed by atoms with Gasteiger partial charge < -0.3 is 5.32 Å². The minimum atomic E-state index is -0.0907. The fraction of sp³-hybridized carbons (Fsp3) is 0.667. The molecule has 1 aliphatic rings. The molecule has 0 saturated heterocycles. The van der Waals surface area contributed by atoms with E-state index in [1.165, 1.54) is 32.1 Å². The maximum absolute atomic E-state index is 14.2. The Morgan fingerprint density at radius 1 is 1.29 bits per heavy atom. The van der Waals surface area contributed by atoms with Crippen molar-refractivity contribution in [2.24, 2.45) is 5.41 Å². The molecular weight excluding hydrogens is 329 g/mol. The van der Waals surface area contributed by atoms with E-state index in [-0.39, 0.29) is 5.82 Å². The summed E-state index contributed by atoms with van der Waals surface area (Å²) < 4.78 is 15.0. The van der Waals surface area contributed by atoms with Crippen LogP contribution in [0, 0.1) is 11.2 Å². The van der Waals surface area contributed by atoms with Crippen LogP contribution < -0.4 is 5.32 Å². The second kappa shape index (κ2) is 7.73. The molecule has 0 heterocycles. The molecule has 0 amide bonds. The summed E-state index contributed by atoms with van der Waals surface area (Å²) in [6.07, 6.45) is 8.39. The third-order valence-electron chi connectivity index (χ3n) is 4.92. The first-order valence-electron chi connectivity index (χ1n) is 8.22. The lowest BCUT2D eigenvalue weighted by molar-refractivity contribution is 0.143. The van der Waals surface area contributed by atoms with Gasteiger partial charge >= 0.3 is 0 Å². The summed E-state index contributed by atoms with van der Waals surface area (Å²) in [5.41, 5.74) is 1.13. The topological polar surface area (TPSA) is 12.0 Å². The molecule has 118 valence electrons. The summed E-state index contributed by atoms with van der Waals surface area (Å²) in [6, 6.07) is 5.81. The molecule has 1 fully saturated rings. The standard InChI is InChI=1S/C18H27BrFN/c1-3-11-21-17(18(2)9-5-4-6-10-18)12-14-7-8-15(19)13-16(14)20/h7-8,13,17,21H,3-6,9-12H2,1-2H3. The number of nitrogens with one attached hydrogen (secondary N) is 1. The summed E-state index contributed by atoms with van der Waals surface area (Å²) in [5, 5.41) is 3.69. The van der Waals surface area contributed by atoms with Crippen molar-refractivity contribution in [2.45, 2.75) is 64.8 Å². The average Bonchev–Trinajstić information content (AvgIpc) is 2.46. The number of benzene rings is 1. The van der Waals surface area contributed by atoms with Gasteiger partial charge in [-0.1, -0.05) is 55.1 Å². The number of hydrogen-bond acceptors (Lipinski definition) is 1. The van der Waals surface area contributed by atoms with Gasteiger partial charge in [0, 0.05) is 10.5 Å². The van der Waals surface area contributed by atoms with Crippen molar-refractivity contribution in [3.63, 3.8) is 0 Å². The highest BCUT2D eigenvalue weighted by molar-refractivity contribution is 9.10. The van der Waals surface area contributed by atoms with Gasteiger partial charge in [0.1, 0.15) is 5.82 Å². The first-order valence-corrected chi connectivity index (χ1v) is 9.02. The Bertz CT molecular complexity index is 455. The van der Waals surface area contributed by atoms with Gasteiger partial charge in [0.25, 0.3) is 0 Å². The smallest absolute Gasteiger partial charge is 0.127 e. The third kappa shape index (κ3) is 4.53. The van der Waals surface area contributed by atoms with Crippen LogP contribution in [0.2, 0.25) is 0 Å². The second-order valence-corrected chi connectivity index (χ2v) is 7.58. The molecule has 1 aromatic rings. The van der Waals surface area contributed by atoms with E-state index in [4.69, 9.17) is 0 Å². The molecule has 1 aromatic carbocycles. The predicted molar refractivity (Wildman–Crippen MR) is 91.1 cm³/mol. The zero-order valence-electron chi connectivity index (χ0n) is 13.2. The maximum atomic E-state index is 14.2. The van der Waals surface area contributed by atoms with Gasteiger partial charge in [-0.2, -0.15) is 0 Å². The molecule has 1 N–H and O–H groups in total. The van der Waals surface area contributed by atoms with Gasteiger partial charge in [-0.15, -0.1) is 0 Å². The molecule has 0 radical (unpaired) electrons. The minimum Gasteiger partial charge on any atom is -0.313 e. The van der Waals surface area contributed by atoms with Gasteiger partial charge in [-0.05, 0) is 55.3 Å². The normalized spacial score (nSPS) is 19.4. The van der Waals surface area contributed by atoms with Crippen molar-refractivity contribution in [2.75, 3.05) is 6.54 Å². The van der Waals surface area contributed by atoms with Crippen molar-refractivity contribution >= 4 is 15.9 Å². The van der Waals surface area contributed by atoms with Crippen LogP contribution in [0.4, 0.5) is 4.39 Å². The van der Waals surface area contributed by atoms with Crippen LogP contribution in [0.5, 0.6) is 0 Å². The molecule has 0 aromatic heterocycles. The summed E-state index contributed by atoms with van der Waals surface area (Å²) in [6.45, 7) is 5.59. The van der Waals surface area contributed by atoms with Gasteiger partial charge in [0.15, 0.2) is 0 Å². The molecule has 0 aliphatic heterocycles. The fourth-order valence-corrected chi connectivity index (χ4v) is 3.83. The zero-order valence-corrected chi connectivity index (χ0v) is 14.8. The molecule has 21 heavy (non-hydrogen) atoms. The van der Waals surface area contributed by atoms with Crippen LogP contribution in [-0.4, -0.2) is 12.6 Å². The number of hydrogen-bond donors (Lipinski definition) is 1. The van der Waals surface area contributed by atoms with Crippen molar-refractivity contribution in [1.82, 2.24) is 5.32 Å². The Morgan fingerprint density at radius 2 is 2.00 bits per heavy atom.